The summed E-state index contributed by atoms with van der Waals surface area (Å²) in [6, 6.07) is 29.0. The average molecular weight is 397 g/mol. The van der Waals surface area contributed by atoms with Crippen LogP contribution in [0.4, 0.5) is 5.69 Å². The van der Waals surface area contributed by atoms with Gasteiger partial charge in [0.2, 0.25) is 5.91 Å². The molecule has 4 aromatic carbocycles. The molecule has 1 amide bonds. The van der Waals surface area contributed by atoms with Crippen molar-refractivity contribution in [3.05, 3.63) is 96.6 Å². The van der Waals surface area contributed by atoms with Gasteiger partial charge >= 0.3 is 0 Å². The van der Waals surface area contributed by atoms with Gasteiger partial charge in [0.1, 0.15) is 11.5 Å². The molecule has 0 saturated heterocycles. The van der Waals surface area contributed by atoms with Crippen LogP contribution < -0.4 is 14.8 Å². The Hall–Kier alpha value is -3.79. The third kappa shape index (κ3) is 4.61. The van der Waals surface area contributed by atoms with Crippen LogP contribution in [0.3, 0.4) is 0 Å². The van der Waals surface area contributed by atoms with Crippen LogP contribution in [0.1, 0.15) is 12.5 Å². The standard InChI is InChI=1S/C26H23NO3/c1-2-29-21-14-16-22(17-15-21)30-25-13-6-5-12-24(25)27-26(28)18-20-10-7-9-19-8-3-4-11-23(19)20/h3-17H,2,18H2,1H3,(H,27,28). The van der Waals surface area contributed by atoms with Gasteiger partial charge in [-0.2, -0.15) is 0 Å². The van der Waals surface area contributed by atoms with Gasteiger partial charge in [-0.1, -0.05) is 54.6 Å². The molecule has 0 atom stereocenters. The van der Waals surface area contributed by atoms with Gasteiger partial charge in [0, 0.05) is 0 Å². The number of hydrogen-bond donors (Lipinski definition) is 1. The van der Waals surface area contributed by atoms with Gasteiger partial charge in [-0.25, -0.2) is 0 Å². The SMILES string of the molecule is CCOc1ccc(Oc2ccccc2NC(=O)Cc2cccc3ccccc23)cc1. The highest BCUT2D eigenvalue weighted by Gasteiger charge is 2.11. The number of rotatable bonds is 7. The van der Waals surface area contributed by atoms with Crippen molar-refractivity contribution in [2.75, 3.05) is 11.9 Å². The second kappa shape index (κ2) is 9.14. The van der Waals surface area contributed by atoms with Crippen LogP contribution >= 0.6 is 0 Å². The Kier molecular flexibility index (Phi) is 5.95. The van der Waals surface area contributed by atoms with Gasteiger partial charge in [0.15, 0.2) is 5.75 Å². The van der Waals surface area contributed by atoms with E-state index in [1.165, 1.54) is 0 Å². The number of hydrogen-bond acceptors (Lipinski definition) is 3. The van der Waals surface area contributed by atoms with E-state index in [9.17, 15) is 4.79 Å². The summed E-state index contributed by atoms with van der Waals surface area (Å²) in [5.74, 6) is 1.97. The summed E-state index contributed by atoms with van der Waals surface area (Å²) in [6.07, 6.45) is 0.290. The topological polar surface area (TPSA) is 47.6 Å². The van der Waals surface area contributed by atoms with Gasteiger partial charge in [-0.3, -0.25) is 4.79 Å². The van der Waals surface area contributed by atoms with Crippen LogP contribution in [-0.2, 0) is 11.2 Å². The van der Waals surface area contributed by atoms with Gasteiger partial charge in [0.05, 0.1) is 18.7 Å². The van der Waals surface area contributed by atoms with Crippen LogP contribution in [0.15, 0.2) is 91.0 Å². The number of carbonyl (C=O) groups excluding carboxylic acids is 1. The third-order valence-electron chi connectivity index (χ3n) is 4.75. The molecule has 30 heavy (non-hydrogen) atoms. The number of amides is 1. The minimum Gasteiger partial charge on any atom is -0.494 e. The lowest BCUT2D eigenvalue weighted by atomic mass is 10.0. The molecule has 0 radical (unpaired) electrons. The molecule has 0 spiro atoms. The first-order valence-electron chi connectivity index (χ1n) is 9.99. The largest absolute Gasteiger partial charge is 0.494 e. The van der Waals surface area contributed by atoms with E-state index >= 15 is 0 Å². The zero-order valence-electron chi connectivity index (χ0n) is 16.8. The smallest absolute Gasteiger partial charge is 0.228 e. The number of nitrogens with one attached hydrogen (secondary N) is 1. The van der Waals surface area contributed by atoms with Crippen molar-refractivity contribution < 1.29 is 14.3 Å². The van der Waals surface area contributed by atoms with E-state index in [1.807, 2.05) is 85.8 Å². The molecule has 0 saturated carbocycles. The quantitative estimate of drug-likeness (QED) is 0.403. The van der Waals surface area contributed by atoms with E-state index < -0.39 is 0 Å². The molecule has 1 N–H and O–H groups in total. The number of benzene rings is 4. The summed E-state index contributed by atoms with van der Waals surface area (Å²) in [7, 11) is 0. The van der Waals surface area contributed by atoms with E-state index in [0.717, 1.165) is 22.1 Å². The van der Waals surface area contributed by atoms with Crippen LogP contribution in [0.5, 0.6) is 17.2 Å². The van der Waals surface area contributed by atoms with Crippen molar-refractivity contribution in [3.63, 3.8) is 0 Å². The first-order valence-corrected chi connectivity index (χ1v) is 9.99. The summed E-state index contributed by atoms with van der Waals surface area (Å²) >= 11 is 0. The number of para-hydroxylation sites is 2. The van der Waals surface area contributed by atoms with E-state index in [0.29, 0.717) is 30.2 Å². The minimum atomic E-state index is -0.0888. The molecule has 0 heterocycles. The first-order chi connectivity index (χ1) is 14.7. The molecule has 150 valence electrons. The van der Waals surface area contributed by atoms with Gasteiger partial charge in [-0.05, 0) is 59.7 Å². The van der Waals surface area contributed by atoms with Crippen molar-refractivity contribution in [3.8, 4) is 17.2 Å². The summed E-state index contributed by atoms with van der Waals surface area (Å²) in [5, 5.41) is 5.21. The normalized spacial score (nSPS) is 10.6. The van der Waals surface area contributed by atoms with Crippen LogP contribution in [0, 0.1) is 0 Å². The molecule has 0 bridgehead atoms. The predicted octanol–water partition coefficient (Wildman–Crippen LogP) is 6.21. The van der Waals surface area contributed by atoms with Crippen LogP contribution in [0.2, 0.25) is 0 Å². The van der Waals surface area contributed by atoms with Crippen molar-refractivity contribution in [2.45, 2.75) is 13.3 Å². The van der Waals surface area contributed by atoms with Gasteiger partial charge in [-0.15, -0.1) is 0 Å². The fourth-order valence-corrected chi connectivity index (χ4v) is 3.37. The Labute approximate surface area is 176 Å². The molecule has 0 aliphatic heterocycles. The number of carbonyl (C=O) groups is 1. The van der Waals surface area contributed by atoms with E-state index in [4.69, 9.17) is 9.47 Å². The third-order valence-corrected chi connectivity index (χ3v) is 4.75. The van der Waals surface area contributed by atoms with E-state index in [-0.39, 0.29) is 5.91 Å². The summed E-state index contributed by atoms with van der Waals surface area (Å²) in [5.41, 5.74) is 1.63. The van der Waals surface area contributed by atoms with E-state index in [2.05, 4.69) is 17.4 Å². The Morgan fingerprint density at radius 1 is 0.800 bits per heavy atom. The van der Waals surface area contributed by atoms with Crippen molar-refractivity contribution in [1.29, 1.82) is 0 Å². The molecule has 0 aliphatic rings. The molecule has 4 nitrogen and oxygen atoms in total. The number of ether oxygens (including phenoxy) is 2. The molecular weight excluding hydrogens is 374 g/mol. The van der Waals surface area contributed by atoms with Crippen molar-refractivity contribution in [2.24, 2.45) is 0 Å². The Bertz CT molecular complexity index is 1150. The maximum atomic E-state index is 12.8. The van der Waals surface area contributed by atoms with Crippen molar-refractivity contribution in [1.82, 2.24) is 0 Å². The molecule has 0 aromatic heterocycles. The Morgan fingerprint density at radius 2 is 1.50 bits per heavy atom. The molecule has 0 fully saturated rings. The average Bonchev–Trinajstić information content (AvgIpc) is 2.77. The summed E-state index contributed by atoms with van der Waals surface area (Å²) < 4.78 is 11.5. The lowest BCUT2D eigenvalue weighted by Crippen LogP contribution is -2.15. The molecular formula is C26H23NO3. The fourth-order valence-electron chi connectivity index (χ4n) is 3.37. The highest BCUT2D eigenvalue weighted by atomic mass is 16.5. The second-order valence-electron chi connectivity index (χ2n) is 6.87. The molecule has 0 aliphatic carbocycles. The lowest BCUT2D eigenvalue weighted by Gasteiger charge is -2.13. The molecule has 4 heteroatoms. The van der Waals surface area contributed by atoms with Crippen LogP contribution in [0.25, 0.3) is 10.8 Å². The highest BCUT2D eigenvalue weighted by Crippen LogP contribution is 2.30. The zero-order valence-corrected chi connectivity index (χ0v) is 16.8. The first kappa shape index (κ1) is 19.5. The fraction of sp³-hybridized carbons (Fsp3) is 0.115. The summed E-state index contributed by atoms with van der Waals surface area (Å²) in [6.45, 7) is 2.56. The predicted molar refractivity (Wildman–Crippen MR) is 120 cm³/mol. The monoisotopic (exact) mass is 397 g/mol. The minimum absolute atomic E-state index is 0.0888. The number of fused-ring (bicyclic) bond motifs is 1. The maximum Gasteiger partial charge on any atom is 0.228 e. The zero-order chi connectivity index (χ0) is 20.8. The molecule has 4 rings (SSSR count). The lowest BCUT2D eigenvalue weighted by molar-refractivity contribution is -0.115. The highest BCUT2D eigenvalue weighted by molar-refractivity contribution is 5.97. The molecule has 0 unspecified atom stereocenters. The maximum absolute atomic E-state index is 12.8. The van der Waals surface area contributed by atoms with Crippen LogP contribution in [-0.4, -0.2) is 12.5 Å². The van der Waals surface area contributed by atoms with Crippen molar-refractivity contribution >= 4 is 22.4 Å². The second-order valence-corrected chi connectivity index (χ2v) is 6.87. The number of anilines is 1. The Morgan fingerprint density at radius 3 is 2.33 bits per heavy atom. The summed E-state index contributed by atoms with van der Waals surface area (Å²) in [4.78, 5) is 12.8. The van der Waals surface area contributed by atoms with E-state index in [1.54, 1.807) is 0 Å². The Balaban J connectivity index is 1.49. The van der Waals surface area contributed by atoms with Gasteiger partial charge < -0.3 is 14.8 Å². The van der Waals surface area contributed by atoms with Gasteiger partial charge in [0.25, 0.3) is 0 Å². The molecule has 4 aromatic rings.